The number of rotatable bonds is 13. The van der Waals surface area contributed by atoms with Crippen LogP contribution >= 0.6 is 0 Å². The number of carbonyl (C=O) groups is 2. The molecule has 3 aromatic carbocycles. The highest BCUT2D eigenvalue weighted by Gasteiger charge is 2.28. The first kappa shape index (κ1) is 32.0. The molecule has 1 aliphatic heterocycles. The van der Waals surface area contributed by atoms with Crippen molar-refractivity contribution >= 4 is 39.0 Å². The fourth-order valence-corrected chi connectivity index (χ4v) is 7.05. The van der Waals surface area contributed by atoms with Crippen LogP contribution in [0.15, 0.2) is 76.7 Å². The van der Waals surface area contributed by atoms with E-state index in [1.165, 1.54) is 0 Å². The Balaban J connectivity index is 1.20. The molecule has 1 aliphatic rings. The van der Waals surface area contributed by atoms with Crippen molar-refractivity contribution in [3.63, 3.8) is 0 Å². The number of sulfonamides is 1. The van der Waals surface area contributed by atoms with Crippen LogP contribution in [0.5, 0.6) is 0 Å². The predicted octanol–water partition coefficient (Wildman–Crippen LogP) is 2.81. The number of benzene rings is 3. The van der Waals surface area contributed by atoms with E-state index in [1.54, 1.807) is 50.4 Å². The molecule has 45 heavy (non-hydrogen) atoms. The molecule has 2 unspecified atom stereocenters. The van der Waals surface area contributed by atoms with Crippen molar-refractivity contribution in [2.75, 3.05) is 19.6 Å². The minimum Gasteiger partial charge on any atom is -0.480 e. The van der Waals surface area contributed by atoms with Crippen LogP contribution in [-0.2, 0) is 21.4 Å². The Hall–Kier alpha value is -4.43. The van der Waals surface area contributed by atoms with Gasteiger partial charge < -0.3 is 10.4 Å². The standard InChI is InChI=1S/C32H37N7O5S/c1-21-16-25(23-8-4-3-5-9-23)17-22(2)29(21)45(43,44)38-27(31(41)42)20-36-30(40)24-10-11-28-26(18-24)19-37-39(28)15-7-14-35-32-33-12-6-13-34-32/h3-5,8-12,16-19,27,32,34-35,38H,6-7,13-15,20H2,1-2H3,(H,36,40)(H,41,42). The number of aryl methyl sites for hydroxylation is 3. The van der Waals surface area contributed by atoms with Crippen molar-refractivity contribution in [2.45, 2.75) is 50.5 Å². The van der Waals surface area contributed by atoms with Crippen molar-refractivity contribution in [1.82, 2.24) is 30.5 Å². The van der Waals surface area contributed by atoms with Gasteiger partial charge in [0.15, 0.2) is 6.29 Å². The molecule has 12 nitrogen and oxygen atoms in total. The highest BCUT2D eigenvalue weighted by molar-refractivity contribution is 7.89. The number of hydrogen-bond acceptors (Lipinski definition) is 8. The van der Waals surface area contributed by atoms with Crippen LogP contribution in [0, 0.1) is 13.8 Å². The summed E-state index contributed by atoms with van der Waals surface area (Å²) in [6.45, 7) is 5.22. The maximum Gasteiger partial charge on any atom is 0.323 e. The second-order valence-electron chi connectivity index (χ2n) is 11.0. The molecule has 0 bridgehead atoms. The highest BCUT2D eigenvalue weighted by atomic mass is 32.2. The van der Waals surface area contributed by atoms with Gasteiger partial charge in [-0.2, -0.15) is 9.82 Å². The molecule has 0 fully saturated rings. The largest absolute Gasteiger partial charge is 0.480 e. The molecular formula is C32H37N7O5S. The monoisotopic (exact) mass is 631 g/mol. The van der Waals surface area contributed by atoms with Crippen molar-refractivity contribution in [3.8, 4) is 11.1 Å². The second-order valence-corrected chi connectivity index (χ2v) is 12.6. The summed E-state index contributed by atoms with van der Waals surface area (Å²) in [7, 11) is -4.23. The summed E-state index contributed by atoms with van der Waals surface area (Å²) >= 11 is 0. The SMILES string of the molecule is Cc1cc(-c2ccccc2)cc(C)c1S(=O)(=O)NC(CNC(=O)c1ccc2c(cnn2CCCNC2N=CCCN2)c1)C(=O)O. The van der Waals surface area contributed by atoms with E-state index in [0.29, 0.717) is 23.2 Å². The quantitative estimate of drug-likeness (QED) is 0.141. The molecule has 0 radical (unpaired) electrons. The lowest BCUT2D eigenvalue weighted by atomic mass is 10.0. The minimum atomic E-state index is -4.23. The zero-order valence-electron chi connectivity index (χ0n) is 25.2. The van der Waals surface area contributed by atoms with E-state index in [1.807, 2.05) is 41.2 Å². The summed E-state index contributed by atoms with van der Waals surface area (Å²) in [5, 5.41) is 24.2. The van der Waals surface area contributed by atoms with Crippen LogP contribution in [0.2, 0.25) is 0 Å². The summed E-state index contributed by atoms with van der Waals surface area (Å²) in [6.07, 6.45) is 5.28. The number of fused-ring (bicyclic) bond motifs is 1. The number of nitrogens with zero attached hydrogens (tertiary/aromatic N) is 3. The summed E-state index contributed by atoms with van der Waals surface area (Å²) in [6, 6.07) is 16.6. The fraction of sp³-hybridized carbons (Fsp3) is 0.312. The number of amides is 1. The molecule has 1 amide bonds. The Bertz CT molecular complexity index is 1800. The minimum absolute atomic E-state index is 0.0113. The van der Waals surface area contributed by atoms with Crippen LogP contribution in [0.25, 0.3) is 22.0 Å². The van der Waals surface area contributed by atoms with E-state index in [2.05, 4.69) is 30.8 Å². The Kier molecular flexibility index (Phi) is 10.0. The number of carboxylic acid groups (broad SMARTS) is 1. The second kappa shape index (κ2) is 14.1. The first-order valence-electron chi connectivity index (χ1n) is 14.8. The van der Waals surface area contributed by atoms with Gasteiger partial charge in [-0.25, -0.2) is 8.42 Å². The summed E-state index contributed by atoms with van der Waals surface area (Å²) in [4.78, 5) is 29.4. The number of aromatic nitrogens is 2. The fourth-order valence-electron chi connectivity index (χ4n) is 5.41. The van der Waals surface area contributed by atoms with Crippen LogP contribution < -0.4 is 20.7 Å². The van der Waals surface area contributed by atoms with Gasteiger partial charge >= 0.3 is 5.97 Å². The molecule has 5 N–H and O–H groups in total. The Morgan fingerprint density at radius 2 is 1.82 bits per heavy atom. The van der Waals surface area contributed by atoms with Crippen LogP contribution in [0.1, 0.15) is 34.3 Å². The van der Waals surface area contributed by atoms with E-state index >= 15 is 0 Å². The average molecular weight is 632 g/mol. The number of aliphatic imine (C=N–C) groups is 1. The first-order valence-corrected chi connectivity index (χ1v) is 16.2. The Morgan fingerprint density at radius 1 is 1.07 bits per heavy atom. The summed E-state index contributed by atoms with van der Waals surface area (Å²) in [5.41, 5.74) is 3.92. The lowest BCUT2D eigenvalue weighted by Gasteiger charge is -2.19. The smallest absolute Gasteiger partial charge is 0.323 e. The average Bonchev–Trinajstić information content (AvgIpc) is 3.43. The van der Waals surface area contributed by atoms with Gasteiger partial charge in [0.2, 0.25) is 10.0 Å². The lowest BCUT2D eigenvalue weighted by Crippen LogP contribution is -2.48. The molecule has 2 atom stereocenters. The van der Waals surface area contributed by atoms with Crippen molar-refractivity contribution in [1.29, 1.82) is 0 Å². The van der Waals surface area contributed by atoms with Crippen LogP contribution in [0.3, 0.4) is 0 Å². The third kappa shape index (κ3) is 7.81. The first-order chi connectivity index (χ1) is 21.6. The molecule has 236 valence electrons. The third-order valence-corrected chi connectivity index (χ3v) is 9.33. The normalized spacial score (nSPS) is 15.6. The Morgan fingerprint density at radius 3 is 2.51 bits per heavy atom. The maximum atomic E-state index is 13.4. The topological polar surface area (TPSA) is 167 Å². The van der Waals surface area contributed by atoms with Gasteiger partial charge in [-0.3, -0.25) is 29.9 Å². The van der Waals surface area contributed by atoms with Crippen molar-refractivity contribution < 1.29 is 23.1 Å². The predicted molar refractivity (Wildman–Crippen MR) is 173 cm³/mol. The number of aliphatic carboxylic acids is 1. The molecule has 2 heterocycles. The molecule has 0 saturated carbocycles. The zero-order valence-corrected chi connectivity index (χ0v) is 26.0. The van der Waals surface area contributed by atoms with E-state index in [9.17, 15) is 23.1 Å². The van der Waals surface area contributed by atoms with Gasteiger partial charge in [0.05, 0.1) is 16.6 Å². The number of carbonyl (C=O) groups excluding carboxylic acids is 1. The van der Waals surface area contributed by atoms with E-state index in [-0.39, 0.29) is 11.2 Å². The molecule has 0 saturated heterocycles. The highest BCUT2D eigenvalue weighted by Crippen LogP contribution is 2.28. The zero-order chi connectivity index (χ0) is 32.0. The third-order valence-electron chi connectivity index (χ3n) is 7.55. The van der Waals surface area contributed by atoms with Gasteiger partial charge in [0, 0.05) is 43.3 Å². The van der Waals surface area contributed by atoms with Gasteiger partial charge in [0.25, 0.3) is 5.91 Å². The lowest BCUT2D eigenvalue weighted by molar-refractivity contribution is -0.138. The summed E-state index contributed by atoms with van der Waals surface area (Å²) < 4.78 is 30.9. The van der Waals surface area contributed by atoms with Crippen LogP contribution in [0.4, 0.5) is 0 Å². The number of hydrogen-bond donors (Lipinski definition) is 5. The van der Waals surface area contributed by atoms with Gasteiger partial charge in [-0.05, 0) is 67.1 Å². The molecular weight excluding hydrogens is 594 g/mol. The van der Waals surface area contributed by atoms with Crippen LogP contribution in [-0.4, -0.2) is 73.4 Å². The number of carboxylic acids is 1. The van der Waals surface area contributed by atoms with E-state index in [0.717, 1.165) is 48.0 Å². The molecule has 13 heteroatoms. The molecule has 4 aromatic rings. The summed E-state index contributed by atoms with van der Waals surface area (Å²) in [5.74, 6) is -1.94. The molecule has 5 rings (SSSR count). The Labute approximate surface area is 262 Å². The van der Waals surface area contributed by atoms with Gasteiger partial charge in [0.1, 0.15) is 6.04 Å². The van der Waals surface area contributed by atoms with E-state index in [4.69, 9.17) is 0 Å². The molecule has 1 aromatic heterocycles. The maximum absolute atomic E-state index is 13.4. The van der Waals surface area contributed by atoms with Crippen molar-refractivity contribution in [2.24, 2.45) is 4.99 Å². The molecule has 0 spiro atoms. The van der Waals surface area contributed by atoms with E-state index < -0.39 is 34.5 Å². The van der Waals surface area contributed by atoms with Gasteiger partial charge in [-0.1, -0.05) is 42.5 Å². The van der Waals surface area contributed by atoms with Gasteiger partial charge in [-0.15, -0.1) is 0 Å². The number of nitrogens with one attached hydrogen (secondary N) is 4. The molecule has 0 aliphatic carbocycles. The van der Waals surface area contributed by atoms with Crippen molar-refractivity contribution in [3.05, 3.63) is 83.6 Å².